The molecule has 24 heavy (non-hydrogen) atoms. The Kier molecular flexibility index (Phi) is 4.53. The molecular formula is C18H16ClN3O2. The molecule has 0 aliphatic carbocycles. The van der Waals surface area contributed by atoms with Gasteiger partial charge in [0.2, 0.25) is 5.95 Å². The number of nitrogens with zero attached hydrogens (tertiary/aromatic N) is 1. The van der Waals surface area contributed by atoms with Crippen molar-refractivity contribution in [1.29, 1.82) is 0 Å². The Morgan fingerprint density at radius 3 is 2.54 bits per heavy atom. The van der Waals surface area contributed by atoms with Crippen molar-refractivity contribution in [2.75, 3.05) is 12.4 Å². The van der Waals surface area contributed by atoms with Crippen molar-refractivity contribution in [3.63, 3.8) is 0 Å². The maximum Gasteiger partial charge on any atom is 0.252 e. The van der Waals surface area contributed by atoms with E-state index < -0.39 is 0 Å². The van der Waals surface area contributed by atoms with E-state index >= 15 is 0 Å². The highest BCUT2D eigenvalue weighted by atomic mass is 35.5. The number of methoxy groups -OCH3 is 1. The first-order valence-electron chi connectivity index (χ1n) is 7.34. The van der Waals surface area contributed by atoms with Crippen LogP contribution in [-0.4, -0.2) is 17.1 Å². The molecule has 0 saturated heterocycles. The van der Waals surface area contributed by atoms with Gasteiger partial charge in [0.1, 0.15) is 5.75 Å². The summed E-state index contributed by atoms with van der Waals surface area (Å²) in [5, 5.41) is 3.78. The van der Waals surface area contributed by atoms with Gasteiger partial charge in [0.05, 0.1) is 12.8 Å². The van der Waals surface area contributed by atoms with Gasteiger partial charge in [-0.3, -0.25) is 9.78 Å². The van der Waals surface area contributed by atoms with Crippen LogP contribution in [0.3, 0.4) is 0 Å². The lowest BCUT2D eigenvalue weighted by Crippen LogP contribution is -2.10. The highest BCUT2D eigenvalue weighted by molar-refractivity contribution is 6.30. The molecule has 2 N–H and O–H groups in total. The zero-order valence-electron chi connectivity index (χ0n) is 13.3. The van der Waals surface area contributed by atoms with Gasteiger partial charge in [-0.05, 0) is 55.0 Å². The summed E-state index contributed by atoms with van der Waals surface area (Å²) in [6.45, 7) is 1.93. The summed E-state index contributed by atoms with van der Waals surface area (Å²) in [4.78, 5) is 19.1. The number of nitrogens with one attached hydrogen (secondary N) is 2. The lowest BCUT2D eigenvalue weighted by atomic mass is 10.1. The molecule has 0 radical (unpaired) electrons. The van der Waals surface area contributed by atoms with Gasteiger partial charge in [-0.1, -0.05) is 11.6 Å². The molecule has 0 aliphatic rings. The average molecular weight is 342 g/mol. The fourth-order valence-corrected chi connectivity index (χ4v) is 2.55. The second kappa shape index (κ2) is 6.76. The summed E-state index contributed by atoms with van der Waals surface area (Å²) in [6.07, 6.45) is 0. The number of H-pyrrole nitrogens is 1. The fraction of sp³-hybridized carbons (Fsp3) is 0.111. The SMILES string of the molecule is COc1ccc(-c2cc(=O)[nH]c(Nc3ccc(Cl)cc3C)n2)cc1. The molecule has 0 atom stereocenters. The van der Waals surface area contributed by atoms with Crippen LogP contribution in [0.15, 0.2) is 53.3 Å². The molecule has 6 heteroatoms. The average Bonchev–Trinajstić information content (AvgIpc) is 2.57. The van der Waals surface area contributed by atoms with Crippen molar-refractivity contribution < 1.29 is 4.74 Å². The minimum Gasteiger partial charge on any atom is -0.497 e. The number of aromatic nitrogens is 2. The van der Waals surface area contributed by atoms with E-state index in [1.807, 2.05) is 43.3 Å². The molecule has 1 aromatic heterocycles. The van der Waals surface area contributed by atoms with E-state index in [9.17, 15) is 4.79 Å². The topological polar surface area (TPSA) is 67.0 Å². The van der Waals surface area contributed by atoms with Gasteiger partial charge in [-0.2, -0.15) is 0 Å². The Hall–Kier alpha value is -2.79. The Labute approximate surface area is 144 Å². The molecule has 122 valence electrons. The minimum absolute atomic E-state index is 0.232. The summed E-state index contributed by atoms with van der Waals surface area (Å²) in [6, 6.07) is 14.3. The summed E-state index contributed by atoms with van der Waals surface area (Å²) in [5.74, 6) is 1.12. The molecule has 3 rings (SSSR count). The third-order valence-electron chi connectivity index (χ3n) is 3.57. The van der Waals surface area contributed by atoms with E-state index in [2.05, 4.69) is 15.3 Å². The summed E-state index contributed by atoms with van der Waals surface area (Å²) in [5.41, 5.74) is 2.97. The highest BCUT2D eigenvalue weighted by Gasteiger charge is 2.06. The number of hydrogen-bond donors (Lipinski definition) is 2. The van der Waals surface area contributed by atoms with E-state index in [4.69, 9.17) is 16.3 Å². The molecule has 1 heterocycles. The zero-order chi connectivity index (χ0) is 17.1. The number of ether oxygens (including phenoxy) is 1. The second-order valence-electron chi connectivity index (χ2n) is 5.29. The number of halogens is 1. The van der Waals surface area contributed by atoms with Crippen molar-refractivity contribution in [3.05, 3.63) is 69.5 Å². The van der Waals surface area contributed by atoms with Crippen LogP contribution in [0.4, 0.5) is 11.6 Å². The van der Waals surface area contributed by atoms with Crippen molar-refractivity contribution in [2.24, 2.45) is 0 Å². The van der Waals surface area contributed by atoms with Crippen LogP contribution < -0.4 is 15.6 Å². The lowest BCUT2D eigenvalue weighted by Gasteiger charge is -2.10. The van der Waals surface area contributed by atoms with E-state index in [0.29, 0.717) is 16.7 Å². The largest absolute Gasteiger partial charge is 0.497 e. The number of hydrogen-bond acceptors (Lipinski definition) is 4. The molecule has 0 saturated carbocycles. The van der Waals surface area contributed by atoms with Crippen molar-refractivity contribution >= 4 is 23.2 Å². The van der Waals surface area contributed by atoms with Gasteiger partial charge in [0.15, 0.2) is 0 Å². The van der Waals surface area contributed by atoms with E-state index in [1.54, 1.807) is 13.2 Å². The molecule has 5 nitrogen and oxygen atoms in total. The predicted octanol–water partition coefficient (Wildman–Crippen LogP) is 4.15. The number of benzene rings is 2. The second-order valence-corrected chi connectivity index (χ2v) is 5.73. The monoisotopic (exact) mass is 341 g/mol. The van der Waals surface area contributed by atoms with Gasteiger partial charge in [-0.15, -0.1) is 0 Å². The van der Waals surface area contributed by atoms with Crippen LogP contribution in [0.1, 0.15) is 5.56 Å². The lowest BCUT2D eigenvalue weighted by molar-refractivity contribution is 0.415. The van der Waals surface area contributed by atoms with Crippen LogP contribution >= 0.6 is 11.6 Å². The quantitative estimate of drug-likeness (QED) is 0.748. The Morgan fingerprint density at radius 1 is 1.12 bits per heavy atom. The predicted molar refractivity (Wildman–Crippen MR) is 96.3 cm³/mol. The highest BCUT2D eigenvalue weighted by Crippen LogP contribution is 2.24. The van der Waals surface area contributed by atoms with Crippen molar-refractivity contribution in [1.82, 2.24) is 9.97 Å². The molecule has 0 spiro atoms. The fourth-order valence-electron chi connectivity index (χ4n) is 2.32. The smallest absolute Gasteiger partial charge is 0.252 e. The first-order chi connectivity index (χ1) is 11.5. The molecule has 0 bridgehead atoms. The first kappa shape index (κ1) is 16.1. The molecule has 0 aliphatic heterocycles. The zero-order valence-corrected chi connectivity index (χ0v) is 14.0. The van der Waals surface area contributed by atoms with Gasteiger partial charge < -0.3 is 10.1 Å². The van der Waals surface area contributed by atoms with Crippen LogP contribution in [0, 0.1) is 6.92 Å². The Balaban J connectivity index is 1.95. The molecular weight excluding hydrogens is 326 g/mol. The van der Waals surface area contributed by atoms with Crippen molar-refractivity contribution in [2.45, 2.75) is 6.92 Å². The first-order valence-corrected chi connectivity index (χ1v) is 7.72. The van der Waals surface area contributed by atoms with Crippen LogP contribution in [0.5, 0.6) is 5.75 Å². The molecule has 0 fully saturated rings. The van der Waals surface area contributed by atoms with Crippen molar-refractivity contribution in [3.8, 4) is 17.0 Å². The van der Waals surface area contributed by atoms with E-state index in [1.165, 1.54) is 6.07 Å². The van der Waals surface area contributed by atoms with Crippen LogP contribution in [0.2, 0.25) is 5.02 Å². The summed E-state index contributed by atoms with van der Waals surface area (Å²) in [7, 11) is 1.61. The molecule has 0 amide bonds. The van der Waals surface area contributed by atoms with Gasteiger partial charge in [0, 0.05) is 22.3 Å². The number of anilines is 2. The Bertz CT molecular complexity index is 920. The minimum atomic E-state index is -0.232. The molecule has 3 aromatic rings. The van der Waals surface area contributed by atoms with Gasteiger partial charge >= 0.3 is 0 Å². The normalized spacial score (nSPS) is 10.5. The Morgan fingerprint density at radius 2 is 1.88 bits per heavy atom. The van der Waals surface area contributed by atoms with E-state index in [0.717, 1.165) is 22.6 Å². The maximum absolute atomic E-state index is 12.0. The number of aryl methyl sites for hydroxylation is 1. The summed E-state index contributed by atoms with van der Waals surface area (Å²) < 4.78 is 5.14. The standard InChI is InChI=1S/C18H16ClN3O2/c1-11-9-13(19)5-8-15(11)20-18-21-16(10-17(23)22-18)12-3-6-14(24-2)7-4-12/h3-10H,1-2H3,(H2,20,21,22,23). The van der Waals surface area contributed by atoms with Gasteiger partial charge in [-0.25, -0.2) is 4.98 Å². The number of rotatable bonds is 4. The van der Waals surface area contributed by atoms with Gasteiger partial charge in [0.25, 0.3) is 5.56 Å². The molecule has 0 unspecified atom stereocenters. The maximum atomic E-state index is 12.0. The number of aromatic amines is 1. The third kappa shape index (κ3) is 3.58. The van der Waals surface area contributed by atoms with Crippen LogP contribution in [-0.2, 0) is 0 Å². The van der Waals surface area contributed by atoms with E-state index in [-0.39, 0.29) is 5.56 Å². The molecule has 2 aromatic carbocycles. The third-order valence-corrected chi connectivity index (χ3v) is 3.80. The summed E-state index contributed by atoms with van der Waals surface area (Å²) >= 11 is 5.96. The van der Waals surface area contributed by atoms with Crippen LogP contribution in [0.25, 0.3) is 11.3 Å².